The van der Waals surface area contributed by atoms with Crippen LogP contribution in [-0.4, -0.2) is 5.11 Å². The zero-order chi connectivity index (χ0) is 17.7. The maximum Gasteiger partial charge on any atom is 0.134 e. The highest BCUT2D eigenvalue weighted by atomic mass is 16.5. The van der Waals surface area contributed by atoms with Gasteiger partial charge in [0, 0.05) is 11.1 Å². The molecule has 0 fully saturated rings. The number of hydrogen-bond acceptors (Lipinski definition) is 2. The minimum absolute atomic E-state index is 0.647. The Bertz CT molecular complexity index is 864. The molecule has 3 aromatic carbocycles. The predicted octanol–water partition coefficient (Wildman–Crippen LogP) is 5.77. The molecule has 0 spiro atoms. The number of hydrogen-bond donors (Lipinski definition) is 1. The van der Waals surface area contributed by atoms with Gasteiger partial charge < -0.3 is 9.84 Å². The van der Waals surface area contributed by atoms with Gasteiger partial charge in [-0.25, -0.2) is 0 Å². The maximum atomic E-state index is 11.2. The Morgan fingerprint density at radius 1 is 0.800 bits per heavy atom. The molecule has 0 saturated heterocycles. The van der Waals surface area contributed by atoms with Crippen LogP contribution in [0.5, 0.6) is 11.5 Å². The summed E-state index contributed by atoms with van der Waals surface area (Å²) in [6.07, 6.45) is 3.99. The predicted molar refractivity (Wildman–Crippen MR) is 103 cm³/mol. The first-order valence-electron chi connectivity index (χ1n) is 8.40. The molecule has 0 aliphatic rings. The molecule has 0 aliphatic heterocycles. The Balaban J connectivity index is 2.03. The fourth-order valence-electron chi connectivity index (χ4n) is 2.89. The second-order valence-corrected chi connectivity index (χ2v) is 6.07. The summed E-state index contributed by atoms with van der Waals surface area (Å²) in [4.78, 5) is 0. The van der Waals surface area contributed by atoms with E-state index in [1.165, 1.54) is 0 Å². The van der Waals surface area contributed by atoms with Crippen molar-refractivity contribution in [1.82, 2.24) is 0 Å². The van der Waals surface area contributed by atoms with Gasteiger partial charge in [0.25, 0.3) is 0 Å². The summed E-state index contributed by atoms with van der Waals surface area (Å²) in [6, 6.07) is 25.1. The van der Waals surface area contributed by atoms with Crippen LogP contribution in [0.1, 0.15) is 30.5 Å². The Labute approximate surface area is 149 Å². The standard InChI is InChI=1S/C23H22O2/c1-3-11-18-12-7-9-16-21(18)25-22-17-10-8-15-20(22)23(2,24)19-13-5-4-6-14-19/h3-17,24H,1-2H3/b11-3-. The summed E-state index contributed by atoms with van der Waals surface area (Å²) in [5.74, 6) is 1.41. The quantitative estimate of drug-likeness (QED) is 0.643. The second kappa shape index (κ2) is 7.37. The topological polar surface area (TPSA) is 29.5 Å². The van der Waals surface area contributed by atoms with Crippen LogP contribution in [0.3, 0.4) is 0 Å². The molecule has 0 bridgehead atoms. The Morgan fingerprint density at radius 2 is 1.40 bits per heavy atom. The van der Waals surface area contributed by atoms with Crippen molar-refractivity contribution in [3.63, 3.8) is 0 Å². The van der Waals surface area contributed by atoms with Crippen LogP contribution in [0.2, 0.25) is 0 Å². The first-order chi connectivity index (χ1) is 12.1. The van der Waals surface area contributed by atoms with E-state index in [4.69, 9.17) is 4.74 Å². The molecule has 0 aromatic heterocycles. The van der Waals surface area contributed by atoms with E-state index < -0.39 is 5.60 Å². The molecule has 0 saturated carbocycles. The van der Waals surface area contributed by atoms with Gasteiger partial charge in [-0.3, -0.25) is 0 Å². The first-order valence-corrected chi connectivity index (χ1v) is 8.40. The van der Waals surface area contributed by atoms with Crippen LogP contribution < -0.4 is 4.74 Å². The SMILES string of the molecule is C/C=C\c1ccccc1Oc1ccccc1C(C)(O)c1ccccc1. The molecule has 25 heavy (non-hydrogen) atoms. The molecule has 1 unspecified atom stereocenters. The van der Waals surface area contributed by atoms with Gasteiger partial charge in [0.05, 0.1) is 0 Å². The molecule has 3 rings (SSSR count). The molecular weight excluding hydrogens is 308 g/mol. The van der Waals surface area contributed by atoms with E-state index in [0.717, 1.165) is 22.4 Å². The third kappa shape index (κ3) is 3.65. The zero-order valence-corrected chi connectivity index (χ0v) is 14.5. The molecule has 126 valence electrons. The summed E-state index contributed by atoms with van der Waals surface area (Å²) in [7, 11) is 0. The van der Waals surface area contributed by atoms with Gasteiger partial charge in [-0.1, -0.05) is 78.9 Å². The average molecular weight is 330 g/mol. The van der Waals surface area contributed by atoms with Gasteiger partial charge in [-0.15, -0.1) is 0 Å². The highest BCUT2D eigenvalue weighted by Gasteiger charge is 2.29. The highest BCUT2D eigenvalue weighted by molar-refractivity contribution is 5.58. The van der Waals surface area contributed by atoms with Gasteiger partial charge in [-0.2, -0.15) is 0 Å². The third-order valence-electron chi connectivity index (χ3n) is 4.23. The summed E-state index contributed by atoms with van der Waals surface area (Å²) in [5.41, 5.74) is 1.41. The summed E-state index contributed by atoms with van der Waals surface area (Å²) >= 11 is 0. The van der Waals surface area contributed by atoms with Crippen molar-refractivity contribution in [2.45, 2.75) is 19.4 Å². The van der Waals surface area contributed by atoms with E-state index >= 15 is 0 Å². The zero-order valence-electron chi connectivity index (χ0n) is 14.5. The first kappa shape index (κ1) is 17.0. The van der Waals surface area contributed by atoms with Crippen LogP contribution >= 0.6 is 0 Å². The van der Waals surface area contributed by atoms with Gasteiger partial charge >= 0.3 is 0 Å². The average Bonchev–Trinajstić information content (AvgIpc) is 2.65. The molecule has 0 radical (unpaired) electrons. The number of benzene rings is 3. The molecule has 0 aliphatic carbocycles. The van der Waals surface area contributed by atoms with Crippen molar-refractivity contribution >= 4 is 6.08 Å². The van der Waals surface area contributed by atoms with Crippen molar-refractivity contribution < 1.29 is 9.84 Å². The van der Waals surface area contributed by atoms with Crippen LogP contribution in [0.15, 0.2) is 84.9 Å². The monoisotopic (exact) mass is 330 g/mol. The fourth-order valence-corrected chi connectivity index (χ4v) is 2.89. The van der Waals surface area contributed by atoms with E-state index in [1.807, 2.05) is 97.9 Å². The van der Waals surface area contributed by atoms with Crippen LogP contribution in [0.4, 0.5) is 0 Å². The molecule has 2 heteroatoms. The lowest BCUT2D eigenvalue weighted by Crippen LogP contribution is -2.23. The molecule has 3 aromatic rings. The molecule has 2 nitrogen and oxygen atoms in total. The van der Waals surface area contributed by atoms with E-state index in [1.54, 1.807) is 6.92 Å². The molecular formula is C23H22O2. The van der Waals surface area contributed by atoms with Gasteiger partial charge in [0.2, 0.25) is 0 Å². The lowest BCUT2D eigenvalue weighted by molar-refractivity contribution is 0.0996. The Kier molecular flexibility index (Phi) is 5.01. The second-order valence-electron chi connectivity index (χ2n) is 6.07. The van der Waals surface area contributed by atoms with Gasteiger partial charge in [-0.05, 0) is 31.5 Å². The van der Waals surface area contributed by atoms with E-state index in [0.29, 0.717) is 5.75 Å². The Hall–Kier alpha value is -2.84. The molecule has 1 N–H and O–H groups in total. The smallest absolute Gasteiger partial charge is 0.134 e. The van der Waals surface area contributed by atoms with Gasteiger partial charge in [0.1, 0.15) is 17.1 Å². The van der Waals surface area contributed by atoms with E-state index in [9.17, 15) is 5.11 Å². The number of allylic oxidation sites excluding steroid dienone is 1. The Morgan fingerprint density at radius 3 is 2.12 bits per heavy atom. The van der Waals surface area contributed by atoms with Crippen molar-refractivity contribution in [3.8, 4) is 11.5 Å². The molecule has 0 heterocycles. The van der Waals surface area contributed by atoms with Crippen molar-refractivity contribution in [3.05, 3.63) is 102 Å². The summed E-state index contributed by atoms with van der Waals surface area (Å²) < 4.78 is 6.19. The van der Waals surface area contributed by atoms with Crippen LogP contribution in [0.25, 0.3) is 6.08 Å². The molecule has 0 amide bonds. The van der Waals surface area contributed by atoms with E-state index in [2.05, 4.69) is 0 Å². The lowest BCUT2D eigenvalue weighted by Gasteiger charge is -2.27. The van der Waals surface area contributed by atoms with E-state index in [-0.39, 0.29) is 0 Å². The summed E-state index contributed by atoms with van der Waals surface area (Å²) in [5, 5.41) is 11.2. The number of ether oxygens (including phenoxy) is 1. The van der Waals surface area contributed by atoms with Crippen molar-refractivity contribution in [1.29, 1.82) is 0 Å². The largest absolute Gasteiger partial charge is 0.456 e. The minimum Gasteiger partial charge on any atom is -0.456 e. The normalized spacial score (nSPS) is 13.6. The number of rotatable bonds is 5. The minimum atomic E-state index is -1.15. The van der Waals surface area contributed by atoms with Crippen molar-refractivity contribution in [2.24, 2.45) is 0 Å². The third-order valence-corrected chi connectivity index (χ3v) is 4.23. The fraction of sp³-hybridized carbons (Fsp3) is 0.130. The van der Waals surface area contributed by atoms with Crippen LogP contribution in [0, 0.1) is 0 Å². The van der Waals surface area contributed by atoms with Crippen LogP contribution in [-0.2, 0) is 5.60 Å². The number of para-hydroxylation sites is 2. The highest BCUT2D eigenvalue weighted by Crippen LogP contribution is 2.38. The number of aliphatic hydroxyl groups is 1. The maximum absolute atomic E-state index is 11.2. The van der Waals surface area contributed by atoms with Crippen molar-refractivity contribution in [2.75, 3.05) is 0 Å². The molecule has 1 atom stereocenters. The summed E-state index contributed by atoms with van der Waals surface area (Å²) in [6.45, 7) is 3.77. The van der Waals surface area contributed by atoms with Gasteiger partial charge in [0.15, 0.2) is 0 Å². The lowest BCUT2D eigenvalue weighted by atomic mass is 9.87.